The maximum Gasteiger partial charge on any atom is 0.406 e. The first-order chi connectivity index (χ1) is 15.2. The molecule has 1 aromatic heterocycles. The van der Waals surface area contributed by atoms with Crippen LogP contribution in [0.4, 0.5) is 13.2 Å². The van der Waals surface area contributed by atoms with E-state index < -0.39 is 41.2 Å². The summed E-state index contributed by atoms with van der Waals surface area (Å²) in [7, 11) is 0. The summed E-state index contributed by atoms with van der Waals surface area (Å²) < 4.78 is 44.6. The van der Waals surface area contributed by atoms with E-state index >= 15 is 0 Å². The fourth-order valence-corrected chi connectivity index (χ4v) is 5.02. The lowest BCUT2D eigenvalue weighted by Crippen LogP contribution is -2.58. The van der Waals surface area contributed by atoms with E-state index in [1.165, 1.54) is 6.26 Å². The summed E-state index contributed by atoms with van der Waals surface area (Å²) in [6.45, 7) is -0.495. The fourth-order valence-electron chi connectivity index (χ4n) is 5.02. The van der Waals surface area contributed by atoms with Gasteiger partial charge in [0.1, 0.15) is 12.2 Å². The van der Waals surface area contributed by atoms with Crippen molar-refractivity contribution in [3.05, 3.63) is 45.7 Å². The van der Waals surface area contributed by atoms with Crippen molar-refractivity contribution in [3.63, 3.8) is 0 Å². The number of piperazine rings is 1. The Bertz CT molecular complexity index is 922. The van der Waals surface area contributed by atoms with Crippen LogP contribution in [0.3, 0.4) is 0 Å². The summed E-state index contributed by atoms with van der Waals surface area (Å²) in [5, 5.41) is 11.8. The number of halogens is 3. The molecule has 2 unspecified atom stereocenters. The number of nitrogens with zero attached hydrogens (tertiary/aromatic N) is 4. The van der Waals surface area contributed by atoms with Gasteiger partial charge in [-0.25, -0.2) is 0 Å². The second-order valence-corrected chi connectivity index (χ2v) is 8.25. The average Bonchev–Trinajstić information content (AvgIpc) is 3.29. The van der Waals surface area contributed by atoms with Gasteiger partial charge in [0.05, 0.1) is 11.2 Å². The molecule has 9 nitrogen and oxygen atoms in total. The predicted octanol–water partition coefficient (Wildman–Crippen LogP) is 2.49. The molecule has 2 fully saturated rings. The third kappa shape index (κ3) is 4.17. The zero-order chi connectivity index (χ0) is 23.0. The molecule has 1 aromatic rings. The van der Waals surface area contributed by atoms with Crippen LogP contribution in [0, 0.1) is 16.0 Å². The van der Waals surface area contributed by atoms with E-state index in [1.807, 2.05) is 0 Å². The van der Waals surface area contributed by atoms with E-state index in [2.05, 4.69) is 0 Å². The van der Waals surface area contributed by atoms with Gasteiger partial charge in [0.2, 0.25) is 0 Å². The van der Waals surface area contributed by atoms with Crippen LogP contribution < -0.4 is 0 Å². The molecule has 0 N–H and O–H groups in total. The molecule has 3 aliphatic rings. The van der Waals surface area contributed by atoms with Gasteiger partial charge in [-0.3, -0.25) is 19.7 Å². The average molecular weight is 456 g/mol. The molecule has 2 aliphatic heterocycles. The standard InChI is InChI=1S/C20H23F3N4O5/c21-20(22,23)12-26-14-5-2-1-4-13(14)16(17(19(26)29)27(30)31)24-7-9-25(10-8-24)18(28)15-6-3-11-32-15/h3,6,11,13-14H,1-2,4-5,7-10,12H2. The number of nitro groups is 1. The molecule has 0 spiro atoms. The molecule has 2 amide bonds. The topological polar surface area (TPSA) is 100 Å². The molecule has 3 heterocycles. The van der Waals surface area contributed by atoms with Crippen molar-refractivity contribution in [2.24, 2.45) is 5.92 Å². The van der Waals surface area contributed by atoms with Crippen molar-refractivity contribution in [2.45, 2.75) is 37.9 Å². The van der Waals surface area contributed by atoms with Crippen molar-refractivity contribution in [3.8, 4) is 0 Å². The van der Waals surface area contributed by atoms with Crippen molar-refractivity contribution in [2.75, 3.05) is 32.7 Å². The molecule has 0 bridgehead atoms. The van der Waals surface area contributed by atoms with Gasteiger partial charge in [0.15, 0.2) is 5.76 Å². The number of carbonyl (C=O) groups is 2. The minimum Gasteiger partial charge on any atom is -0.459 e. The third-order valence-electron chi connectivity index (χ3n) is 6.36. The van der Waals surface area contributed by atoms with Crippen LogP contribution in [0.2, 0.25) is 0 Å². The zero-order valence-corrected chi connectivity index (χ0v) is 17.2. The molecular weight excluding hydrogens is 433 g/mol. The van der Waals surface area contributed by atoms with E-state index in [-0.39, 0.29) is 43.5 Å². The normalized spacial score (nSPS) is 24.6. The van der Waals surface area contributed by atoms with Crippen LogP contribution in [0.5, 0.6) is 0 Å². The Balaban J connectivity index is 1.61. The molecule has 174 valence electrons. The van der Waals surface area contributed by atoms with Crippen LogP contribution in [-0.2, 0) is 4.79 Å². The number of amides is 2. The number of hydrogen-bond donors (Lipinski definition) is 0. The zero-order valence-electron chi connectivity index (χ0n) is 17.2. The minimum atomic E-state index is -4.64. The number of furan rings is 1. The van der Waals surface area contributed by atoms with Gasteiger partial charge in [-0.2, -0.15) is 13.2 Å². The molecule has 0 radical (unpaired) electrons. The summed E-state index contributed by atoms with van der Waals surface area (Å²) >= 11 is 0. The lowest BCUT2D eigenvalue weighted by atomic mass is 9.77. The van der Waals surface area contributed by atoms with E-state index in [0.717, 1.165) is 6.42 Å². The van der Waals surface area contributed by atoms with Gasteiger partial charge in [-0.15, -0.1) is 0 Å². The first kappa shape index (κ1) is 22.2. The summed E-state index contributed by atoms with van der Waals surface area (Å²) in [4.78, 5) is 40.3. The molecule has 2 atom stereocenters. The molecule has 0 aromatic carbocycles. The van der Waals surface area contributed by atoms with E-state index in [1.54, 1.807) is 21.9 Å². The second-order valence-electron chi connectivity index (χ2n) is 8.25. The molecular formula is C20H23F3N4O5. The van der Waals surface area contributed by atoms with Crippen LogP contribution >= 0.6 is 0 Å². The van der Waals surface area contributed by atoms with Gasteiger partial charge < -0.3 is 19.1 Å². The second kappa shape index (κ2) is 8.47. The Morgan fingerprint density at radius 2 is 1.88 bits per heavy atom. The fraction of sp³-hybridized carbons (Fsp3) is 0.600. The third-order valence-corrected chi connectivity index (χ3v) is 6.36. The Labute approximate surface area is 181 Å². The van der Waals surface area contributed by atoms with E-state index in [4.69, 9.17) is 4.42 Å². The van der Waals surface area contributed by atoms with Crippen molar-refractivity contribution >= 4 is 11.8 Å². The van der Waals surface area contributed by atoms with Gasteiger partial charge in [0, 0.05) is 38.1 Å². The summed E-state index contributed by atoms with van der Waals surface area (Å²) in [6, 6.07) is 2.42. The lowest BCUT2D eigenvalue weighted by molar-refractivity contribution is -0.424. The van der Waals surface area contributed by atoms with Crippen LogP contribution in [0.15, 0.2) is 34.2 Å². The van der Waals surface area contributed by atoms with Crippen LogP contribution in [-0.4, -0.2) is 76.4 Å². The van der Waals surface area contributed by atoms with Crippen LogP contribution in [0.1, 0.15) is 36.2 Å². The highest BCUT2D eigenvalue weighted by atomic mass is 19.4. The van der Waals surface area contributed by atoms with Gasteiger partial charge >= 0.3 is 17.8 Å². The van der Waals surface area contributed by atoms with Crippen molar-refractivity contribution < 1.29 is 32.1 Å². The highest BCUT2D eigenvalue weighted by molar-refractivity contribution is 5.93. The first-order valence-corrected chi connectivity index (χ1v) is 10.5. The Kier molecular flexibility index (Phi) is 5.87. The molecule has 4 rings (SSSR count). The lowest BCUT2D eigenvalue weighted by Gasteiger charge is -2.47. The van der Waals surface area contributed by atoms with Gasteiger partial charge in [0.25, 0.3) is 5.91 Å². The van der Waals surface area contributed by atoms with E-state index in [9.17, 15) is 32.9 Å². The largest absolute Gasteiger partial charge is 0.459 e. The minimum absolute atomic E-state index is 0.187. The molecule has 1 saturated carbocycles. The summed E-state index contributed by atoms with van der Waals surface area (Å²) in [6.07, 6.45) is -1.02. The SMILES string of the molecule is O=C(c1ccco1)N1CCN(C2=C([N+](=O)[O-])C(=O)N(CC(F)(F)F)C3CCCCC23)CC1. The van der Waals surface area contributed by atoms with Crippen molar-refractivity contribution in [1.82, 2.24) is 14.7 Å². The number of alkyl halides is 3. The number of hydrogen-bond acceptors (Lipinski definition) is 6. The maximum absolute atomic E-state index is 13.2. The smallest absolute Gasteiger partial charge is 0.406 e. The highest BCUT2D eigenvalue weighted by Crippen LogP contribution is 2.42. The summed E-state index contributed by atoms with van der Waals surface area (Å²) in [5.41, 5.74) is -0.559. The van der Waals surface area contributed by atoms with E-state index in [0.29, 0.717) is 24.2 Å². The van der Waals surface area contributed by atoms with Gasteiger partial charge in [-0.05, 0) is 25.0 Å². The number of carbonyl (C=O) groups excluding carboxylic acids is 2. The Morgan fingerprint density at radius 3 is 2.47 bits per heavy atom. The quantitative estimate of drug-likeness (QED) is 0.510. The predicted molar refractivity (Wildman–Crippen MR) is 104 cm³/mol. The Hall–Kier alpha value is -3.05. The number of fused-ring (bicyclic) bond motifs is 1. The first-order valence-electron chi connectivity index (χ1n) is 10.5. The molecule has 32 heavy (non-hydrogen) atoms. The van der Waals surface area contributed by atoms with Crippen molar-refractivity contribution in [1.29, 1.82) is 0 Å². The van der Waals surface area contributed by atoms with Gasteiger partial charge in [-0.1, -0.05) is 12.8 Å². The monoisotopic (exact) mass is 456 g/mol. The van der Waals surface area contributed by atoms with Crippen LogP contribution in [0.25, 0.3) is 0 Å². The number of rotatable bonds is 4. The molecule has 1 saturated heterocycles. The highest BCUT2D eigenvalue weighted by Gasteiger charge is 2.52. The summed E-state index contributed by atoms with van der Waals surface area (Å²) in [5.74, 6) is -1.83. The molecule has 1 aliphatic carbocycles. The Morgan fingerprint density at radius 1 is 1.19 bits per heavy atom. The molecule has 12 heteroatoms. The maximum atomic E-state index is 13.2.